The van der Waals surface area contributed by atoms with E-state index in [0.29, 0.717) is 12.5 Å². The van der Waals surface area contributed by atoms with Gasteiger partial charge in [0.1, 0.15) is 11.5 Å². The van der Waals surface area contributed by atoms with Crippen LogP contribution in [-0.2, 0) is 17.2 Å². The zero-order valence-corrected chi connectivity index (χ0v) is 11.0. The molecule has 0 bridgehead atoms. The van der Waals surface area contributed by atoms with Crippen LogP contribution in [0.1, 0.15) is 11.1 Å². The third-order valence-electron chi connectivity index (χ3n) is 2.55. The molecule has 0 aliphatic heterocycles. The first-order valence-electron chi connectivity index (χ1n) is 5.72. The Hall–Kier alpha value is -1.51. The molecule has 94 valence electrons. The highest BCUT2D eigenvalue weighted by Gasteiger charge is 1.98. The van der Waals surface area contributed by atoms with Crippen LogP contribution in [0.2, 0.25) is 0 Å². The Kier molecular flexibility index (Phi) is 4.62. The zero-order valence-electron chi connectivity index (χ0n) is 10.2. The van der Waals surface area contributed by atoms with Gasteiger partial charge in [-0.25, -0.2) is 0 Å². The summed E-state index contributed by atoms with van der Waals surface area (Å²) in [6.07, 6.45) is 0. The van der Waals surface area contributed by atoms with Crippen molar-refractivity contribution in [1.29, 1.82) is 0 Å². The second-order valence-corrected chi connectivity index (χ2v) is 4.22. The number of methoxy groups -OCH3 is 1. The molecule has 0 saturated heterocycles. The van der Waals surface area contributed by atoms with Crippen LogP contribution >= 0.6 is 11.6 Å². The fraction of sp³-hybridized carbons (Fsp3) is 0.200. The lowest BCUT2D eigenvalue weighted by atomic mass is 10.2. The van der Waals surface area contributed by atoms with Crippen LogP contribution in [0.5, 0.6) is 11.5 Å². The standard InChI is InChI=1S/C15H15ClO2/c1-17-11-13-4-8-15(9-5-13)18-14-6-2-12(10-16)3-7-14/h2-9H,10-11H2,1H3. The molecule has 2 aromatic rings. The molecule has 0 amide bonds. The summed E-state index contributed by atoms with van der Waals surface area (Å²) in [5.41, 5.74) is 2.21. The van der Waals surface area contributed by atoms with E-state index in [0.717, 1.165) is 22.6 Å². The van der Waals surface area contributed by atoms with Gasteiger partial charge >= 0.3 is 0 Å². The van der Waals surface area contributed by atoms with Crippen molar-refractivity contribution in [3.8, 4) is 11.5 Å². The Bertz CT molecular complexity index is 477. The predicted molar refractivity (Wildman–Crippen MR) is 73.2 cm³/mol. The Morgan fingerprint density at radius 2 is 1.33 bits per heavy atom. The number of alkyl halides is 1. The Morgan fingerprint density at radius 1 is 0.833 bits per heavy atom. The molecule has 0 spiro atoms. The highest BCUT2D eigenvalue weighted by molar-refractivity contribution is 6.17. The van der Waals surface area contributed by atoms with Gasteiger partial charge in [-0.1, -0.05) is 24.3 Å². The first-order valence-corrected chi connectivity index (χ1v) is 6.26. The molecule has 2 rings (SSSR count). The SMILES string of the molecule is COCc1ccc(Oc2ccc(CCl)cc2)cc1. The number of ether oxygens (including phenoxy) is 2. The number of hydrogen-bond acceptors (Lipinski definition) is 2. The highest BCUT2D eigenvalue weighted by atomic mass is 35.5. The van der Waals surface area contributed by atoms with E-state index in [4.69, 9.17) is 21.1 Å². The Morgan fingerprint density at radius 3 is 1.78 bits per heavy atom. The maximum atomic E-state index is 5.73. The van der Waals surface area contributed by atoms with E-state index in [9.17, 15) is 0 Å². The second kappa shape index (κ2) is 6.43. The van der Waals surface area contributed by atoms with Crippen LogP contribution in [-0.4, -0.2) is 7.11 Å². The molecule has 0 N–H and O–H groups in total. The second-order valence-electron chi connectivity index (χ2n) is 3.96. The van der Waals surface area contributed by atoms with E-state index < -0.39 is 0 Å². The fourth-order valence-corrected chi connectivity index (χ4v) is 1.78. The van der Waals surface area contributed by atoms with Crippen LogP contribution in [0.15, 0.2) is 48.5 Å². The van der Waals surface area contributed by atoms with E-state index >= 15 is 0 Å². The minimum absolute atomic E-state index is 0.520. The van der Waals surface area contributed by atoms with Gasteiger partial charge in [-0.15, -0.1) is 11.6 Å². The van der Waals surface area contributed by atoms with Crippen LogP contribution < -0.4 is 4.74 Å². The van der Waals surface area contributed by atoms with Gasteiger partial charge < -0.3 is 9.47 Å². The number of hydrogen-bond donors (Lipinski definition) is 0. The van der Waals surface area contributed by atoms with Gasteiger partial charge in [0.15, 0.2) is 0 Å². The molecule has 0 unspecified atom stereocenters. The zero-order chi connectivity index (χ0) is 12.8. The van der Waals surface area contributed by atoms with Gasteiger partial charge in [-0.05, 0) is 35.4 Å². The highest BCUT2D eigenvalue weighted by Crippen LogP contribution is 2.22. The lowest BCUT2D eigenvalue weighted by molar-refractivity contribution is 0.185. The molecule has 0 heterocycles. The van der Waals surface area contributed by atoms with Crippen molar-refractivity contribution in [2.45, 2.75) is 12.5 Å². The lowest BCUT2D eigenvalue weighted by Gasteiger charge is -2.07. The normalized spacial score (nSPS) is 10.3. The van der Waals surface area contributed by atoms with Crippen molar-refractivity contribution >= 4 is 11.6 Å². The Labute approximate surface area is 112 Å². The van der Waals surface area contributed by atoms with Gasteiger partial charge in [0.2, 0.25) is 0 Å². The first-order chi connectivity index (χ1) is 8.81. The molecule has 0 atom stereocenters. The first kappa shape index (κ1) is 12.9. The van der Waals surface area contributed by atoms with E-state index in [2.05, 4.69) is 0 Å². The summed E-state index contributed by atoms with van der Waals surface area (Å²) in [7, 11) is 1.68. The number of halogens is 1. The minimum atomic E-state index is 0.520. The fourth-order valence-electron chi connectivity index (χ4n) is 1.60. The quantitative estimate of drug-likeness (QED) is 0.745. The van der Waals surface area contributed by atoms with Gasteiger partial charge in [0.25, 0.3) is 0 Å². The summed E-state index contributed by atoms with van der Waals surface area (Å²) in [5.74, 6) is 2.14. The van der Waals surface area contributed by atoms with E-state index in [1.807, 2.05) is 48.5 Å². The van der Waals surface area contributed by atoms with E-state index in [-0.39, 0.29) is 0 Å². The molecule has 0 saturated carbocycles. The van der Waals surface area contributed by atoms with Crippen molar-refractivity contribution in [3.63, 3.8) is 0 Å². The number of rotatable bonds is 5. The van der Waals surface area contributed by atoms with Gasteiger partial charge in [0, 0.05) is 13.0 Å². The molecule has 2 nitrogen and oxygen atoms in total. The monoisotopic (exact) mass is 262 g/mol. The Balaban J connectivity index is 2.03. The summed E-state index contributed by atoms with van der Waals surface area (Å²) in [6.45, 7) is 0.616. The molecular formula is C15H15ClO2. The van der Waals surface area contributed by atoms with E-state index in [1.165, 1.54) is 0 Å². The summed E-state index contributed by atoms with van der Waals surface area (Å²) < 4.78 is 10.8. The molecule has 0 aliphatic carbocycles. The predicted octanol–water partition coefficient (Wildman–Crippen LogP) is 4.36. The summed E-state index contributed by atoms with van der Waals surface area (Å²) in [4.78, 5) is 0. The third kappa shape index (κ3) is 3.49. The topological polar surface area (TPSA) is 18.5 Å². The van der Waals surface area contributed by atoms with Gasteiger partial charge in [-0.2, -0.15) is 0 Å². The smallest absolute Gasteiger partial charge is 0.127 e. The molecule has 0 fully saturated rings. The maximum Gasteiger partial charge on any atom is 0.127 e. The summed E-state index contributed by atoms with van der Waals surface area (Å²) >= 11 is 5.73. The van der Waals surface area contributed by atoms with Crippen LogP contribution in [0.4, 0.5) is 0 Å². The number of benzene rings is 2. The van der Waals surface area contributed by atoms with Crippen molar-refractivity contribution in [1.82, 2.24) is 0 Å². The minimum Gasteiger partial charge on any atom is -0.457 e. The van der Waals surface area contributed by atoms with Crippen molar-refractivity contribution in [2.24, 2.45) is 0 Å². The van der Waals surface area contributed by atoms with E-state index in [1.54, 1.807) is 7.11 Å². The largest absolute Gasteiger partial charge is 0.457 e. The summed E-state index contributed by atoms with van der Waals surface area (Å²) in [6, 6.07) is 15.6. The van der Waals surface area contributed by atoms with Crippen LogP contribution in [0.3, 0.4) is 0 Å². The van der Waals surface area contributed by atoms with Crippen LogP contribution in [0, 0.1) is 0 Å². The van der Waals surface area contributed by atoms with Crippen molar-refractivity contribution < 1.29 is 9.47 Å². The molecule has 2 aromatic carbocycles. The van der Waals surface area contributed by atoms with Gasteiger partial charge in [0.05, 0.1) is 6.61 Å². The van der Waals surface area contributed by atoms with Crippen molar-refractivity contribution in [3.05, 3.63) is 59.7 Å². The molecule has 0 aromatic heterocycles. The lowest BCUT2D eigenvalue weighted by Crippen LogP contribution is -1.88. The molecular weight excluding hydrogens is 248 g/mol. The molecule has 0 aliphatic rings. The molecule has 0 radical (unpaired) electrons. The third-order valence-corrected chi connectivity index (χ3v) is 2.86. The van der Waals surface area contributed by atoms with Gasteiger partial charge in [-0.3, -0.25) is 0 Å². The average Bonchev–Trinajstić information content (AvgIpc) is 2.42. The molecule has 3 heteroatoms. The average molecular weight is 263 g/mol. The maximum absolute atomic E-state index is 5.73. The van der Waals surface area contributed by atoms with Crippen LogP contribution in [0.25, 0.3) is 0 Å². The molecule has 18 heavy (non-hydrogen) atoms. The van der Waals surface area contributed by atoms with Crippen molar-refractivity contribution in [2.75, 3.05) is 7.11 Å². The summed E-state index contributed by atoms with van der Waals surface area (Å²) in [5, 5.41) is 0.